The maximum absolute atomic E-state index is 13.5. The van der Waals surface area contributed by atoms with Crippen molar-refractivity contribution in [3.05, 3.63) is 118 Å². The predicted molar refractivity (Wildman–Crippen MR) is 217 cm³/mol. The van der Waals surface area contributed by atoms with Gasteiger partial charge in [0.25, 0.3) is 26.8 Å². The van der Waals surface area contributed by atoms with Gasteiger partial charge in [0.2, 0.25) is 0 Å². The van der Waals surface area contributed by atoms with Crippen LogP contribution in [-0.2, 0) is 23.0 Å². The van der Waals surface area contributed by atoms with Gasteiger partial charge in [0, 0.05) is 36.3 Å². The second-order valence-corrected chi connectivity index (χ2v) is 16.9. The zero-order valence-electron chi connectivity index (χ0n) is 30.8. The van der Waals surface area contributed by atoms with Gasteiger partial charge in [-0.25, -0.2) is 28.3 Å². The van der Waals surface area contributed by atoms with Gasteiger partial charge < -0.3 is 19.9 Å². The Balaban J connectivity index is 1.02. The van der Waals surface area contributed by atoms with Crippen molar-refractivity contribution in [3.8, 4) is 5.75 Å². The minimum Gasteiger partial charge on any atom is -0.491 e. The van der Waals surface area contributed by atoms with Crippen molar-refractivity contribution in [3.63, 3.8) is 0 Å². The fraction of sp³-hybridized carbons (Fsp3) is 0.237. The van der Waals surface area contributed by atoms with Gasteiger partial charge in [-0.05, 0) is 81.0 Å². The maximum atomic E-state index is 13.5. The van der Waals surface area contributed by atoms with Gasteiger partial charge in [0.1, 0.15) is 29.3 Å². The summed E-state index contributed by atoms with van der Waals surface area (Å²) < 4.78 is 35.7. The van der Waals surface area contributed by atoms with E-state index < -0.39 is 25.7 Å². The number of nitrogens with zero attached hydrogens (tertiary/aromatic N) is 6. The summed E-state index contributed by atoms with van der Waals surface area (Å²) in [6.07, 6.45) is 4.52. The zero-order chi connectivity index (χ0) is 40.1. The van der Waals surface area contributed by atoms with E-state index in [1.54, 1.807) is 18.5 Å². The topological polar surface area (TPSA) is 199 Å². The molecule has 4 heterocycles. The standard InChI is InChI=1S/C38H37N9O7S3/c1-45(2)17-15-25(22-54-26-8-4-3-5-9-26)40-30-12-11-27(19-33(30)47(50)51)57(52,53)44-36(49)32-23-55-38(42-32)46-18-14-24-7-6-10-28(29(24)21-46)35(48)43-37-41-31-20-39-16-13-34(31)56-37/h3-13,16,19-20,23,25,40H,14-15,17-18,21-22H2,1-2H3,(H2-,41,43,44,48,49,50,51)/p+1/t25-/m1/s1. The molecule has 57 heavy (non-hydrogen) atoms. The smallest absolute Gasteiger partial charge is 0.340 e. The Kier molecular flexibility index (Phi) is 11.7. The SMILES string of the molecule is CN(C)CC[C@H](COc1ccccc1)Nc1ccc(S(=O)(=O)NC(=O)c2csc(N3CCc4cccc(C(=O)Nc5nc6cnccc6s5)c4C3)n2)cc1[N+](=O)O. The van der Waals surface area contributed by atoms with Crippen LogP contribution in [0.4, 0.5) is 21.6 Å². The number of fused-ring (bicyclic) bond motifs is 2. The number of para-hydroxylation sites is 1. The number of carbonyl (C=O) groups excluding carboxylic acids is 2. The number of carbonyl (C=O) groups is 2. The first-order valence-corrected chi connectivity index (χ1v) is 20.9. The highest BCUT2D eigenvalue weighted by atomic mass is 32.2. The molecule has 294 valence electrons. The van der Waals surface area contributed by atoms with Crippen LogP contribution < -0.4 is 25.0 Å². The number of thiazole rings is 2. The second kappa shape index (κ2) is 17.0. The molecule has 2 amide bonds. The largest absolute Gasteiger partial charge is 0.491 e. The fourth-order valence-electron chi connectivity index (χ4n) is 6.21. The Morgan fingerprint density at radius 2 is 1.88 bits per heavy atom. The third kappa shape index (κ3) is 9.34. The summed E-state index contributed by atoms with van der Waals surface area (Å²) >= 11 is 2.52. The minimum atomic E-state index is -4.52. The second-order valence-electron chi connectivity index (χ2n) is 13.4. The first-order chi connectivity index (χ1) is 27.4. The fourth-order valence-corrected chi connectivity index (χ4v) is 8.85. The molecule has 7 rings (SSSR count). The monoisotopic (exact) mass is 828 g/mol. The average Bonchev–Trinajstić information content (AvgIpc) is 3.86. The van der Waals surface area contributed by atoms with Crippen molar-refractivity contribution in [1.29, 1.82) is 0 Å². The Morgan fingerprint density at radius 1 is 1.05 bits per heavy atom. The van der Waals surface area contributed by atoms with Crippen molar-refractivity contribution in [2.45, 2.75) is 30.3 Å². The molecular weight excluding hydrogens is 791 g/mol. The van der Waals surface area contributed by atoms with Gasteiger partial charge in [0.15, 0.2) is 10.3 Å². The first kappa shape index (κ1) is 39.2. The third-order valence-electron chi connectivity index (χ3n) is 9.11. The summed E-state index contributed by atoms with van der Waals surface area (Å²) in [6, 6.07) is 19.8. The summed E-state index contributed by atoms with van der Waals surface area (Å²) in [5.74, 6) is -0.629. The van der Waals surface area contributed by atoms with Crippen molar-refractivity contribution in [2.75, 3.05) is 49.3 Å². The van der Waals surface area contributed by atoms with Gasteiger partial charge in [-0.15, -0.1) is 11.3 Å². The quantitative estimate of drug-likeness (QED) is 0.0922. The Morgan fingerprint density at radius 3 is 2.65 bits per heavy atom. The molecule has 0 spiro atoms. The van der Waals surface area contributed by atoms with Gasteiger partial charge in [0.05, 0.1) is 26.7 Å². The molecular formula is C38H38N9O7S3+. The van der Waals surface area contributed by atoms with Crippen LogP contribution in [-0.4, -0.2) is 90.0 Å². The highest BCUT2D eigenvalue weighted by Crippen LogP contribution is 2.32. The van der Waals surface area contributed by atoms with Crippen LogP contribution in [0, 0.1) is 4.91 Å². The zero-order valence-corrected chi connectivity index (χ0v) is 33.2. The van der Waals surface area contributed by atoms with Crippen molar-refractivity contribution < 1.29 is 32.9 Å². The Labute approximate surface area is 335 Å². The van der Waals surface area contributed by atoms with Crippen molar-refractivity contribution in [1.82, 2.24) is 24.6 Å². The summed E-state index contributed by atoms with van der Waals surface area (Å²) in [5.41, 5.74) is 2.67. The average molecular weight is 829 g/mol. The van der Waals surface area contributed by atoms with Crippen molar-refractivity contribution in [2.24, 2.45) is 0 Å². The molecule has 0 unspecified atom stereocenters. The molecule has 3 aromatic carbocycles. The molecule has 0 bridgehead atoms. The van der Waals surface area contributed by atoms with Crippen LogP contribution >= 0.6 is 22.7 Å². The molecule has 1 aliphatic rings. The van der Waals surface area contributed by atoms with Gasteiger partial charge in [-0.3, -0.25) is 19.9 Å². The summed E-state index contributed by atoms with van der Waals surface area (Å²) in [7, 11) is -0.678. The summed E-state index contributed by atoms with van der Waals surface area (Å²) in [6.45, 7) is 1.78. The Hall–Kier alpha value is -6.02. The van der Waals surface area contributed by atoms with Gasteiger partial charge >= 0.3 is 5.69 Å². The predicted octanol–water partition coefficient (Wildman–Crippen LogP) is 5.69. The highest BCUT2D eigenvalue weighted by Gasteiger charge is 2.29. The van der Waals surface area contributed by atoms with E-state index in [1.165, 1.54) is 28.8 Å². The number of hydrogen-bond donors (Lipinski definition) is 4. The lowest BCUT2D eigenvalue weighted by Crippen LogP contribution is -2.33. The molecule has 0 radical (unpaired) electrons. The van der Waals surface area contributed by atoms with E-state index in [-0.39, 0.29) is 35.6 Å². The van der Waals surface area contributed by atoms with Gasteiger partial charge in [-0.2, -0.15) is 0 Å². The molecule has 0 saturated carbocycles. The number of pyridine rings is 1. The number of hydrogen-bond acceptors (Lipinski definition) is 14. The molecule has 1 atom stereocenters. The van der Waals surface area contributed by atoms with E-state index in [0.29, 0.717) is 59.6 Å². The molecule has 0 fully saturated rings. The number of rotatable bonds is 15. The normalized spacial score (nSPS) is 13.2. The van der Waals surface area contributed by atoms with E-state index in [1.807, 2.05) is 77.1 Å². The number of sulfonamides is 1. The lowest BCUT2D eigenvalue weighted by atomic mass is 9.94. The number of aromatic nitrogens is 3. The lowest BCUT2D eigenvalue weighted by molar-refractivity contribution is -0.729. The molecule has 0 aliphatic carbocycles. The molecule has 19 heteroatoms. The first-order valence-electron chi connectivity index (χ1n) is 17.7. The molecule has 6 aromatic rings. The molecule has 0 saturated heterocycles. The minimum absolute atomic E-state index is 0.131. The van der Waals surface area contributed by atoms with E-state index in [2.05, 4.69) is 25.6 Å². The van der Waals surface area contributed by atoms with Crippen LogP contribution in [0.2, 0.25) is 0 Å². The third-order valence-corrected chi connectivity index (χ3v) is 12.3. The lowest BCUT2D eigenvalue weighted by Gasteiger charge is -2.29. The van der Waals surface area contributed by atoms with E-state index >= 15 is 0 Å². The number of benzene rings is 3. The summed E-state index contributed by atoms with van der Waals surface area (Å²) in [4.78, 5) is 55.1. The number of anilines is 3. The molecule has 4 N–H and O–H groups in total. The van der Waals surface area contributed by atoms with E-state index in [9.17, 15) is 28.1 Å². The number of nitrogens with one attached hydrogen (secondary N) is 3. The van der Waals surface area contributed by atoms with E-state index in [0.717, 1.165) is 33.2 Å². The maximum Gasteiger partial charge on any atom is 0.340 e. The summed E-state index contributed by atoms with van der Waals surface area (Å²) in [5, 5.41) is 18.5. The number of ether oxygens (including phenoxy) is 1. The van der Waals surface area contributed by atoms with E-state index in [4.69, 9.17) is 4.74 Å². The van der Waals surface area contributed by atoms with Crippen LogP contribution in [0.15, 0.2) is 95.5 Å². The molecule has 1 aliphatic heterocycles. The Bertz CT molecular complexity index is 2510. The molecule has 3 aromatic heterocycles. The van der Waals surface area contributed by atoms with Crippen LogP contribution in [0.1, 0.15) is 38.4 Å². The van der Waals surface area contributed by atoms with Crippen molar-refractivity contribution >= 4 is 76.4 Å². The van der Waals surface area contributed by atoms with Crippen LogP contribution in [0.25, 0.3) is 10.2 Å². The molecule has 16 nitrogen and oxygen atoms in total. The highest BCUT2D eigenvalue weighted by molar-refractivity contribution is 7.90. The number of amides is 2. The van der Waals surface area contributed by atoms with Gasteiger partial charge in [-0.1, -0.05) is 41.7 Å². The van der Waals surface area contributed by atoms with Crippen LogP contribution in [0.5, 0.6) is 5.75 Å². The van der Waals surface area contributed by atoms with Crippen LogP contribution in [0.3, 0.4) is 0 Å².